The van der Waals surface area contributed by atoms with Crippen LogP contribution in [-0.4, -0.2) is 38.5 Å². The normalized spacial score (nSPS) is 13.6. The van der Waals surface area contributed by atoms with Gasteiger partial charge in [-0.2, -0.15) is 5.10 Å². The zero-order valence-corrected chi connectivity index (χ0v) is 20.7. The van der Waals surface area contributed by atoms with E-state index in [9.17, 15) is 14.4 Å². The van der Waals surface area contributed by atoms with Gasteiger partial charge in [0.2, 0.25) is 5.91 Å². The average Bonchev–Trinajstić information content (AvgIpc) is 3.21. The number of carbonyl (C=O) groups excluding carboxylic acids is 1. The summed E-state index contributed by atoms with van der Waals surface area (Å²) < 4.78 is 9.42. The molecule has 1 amide bonds. The lowest BCUT2D eigenvalue weighted by molar-refractivity contribution is -0.121. The summed E-state index contributed by atoms with van der Waals surface area (Å²) in [5.74, 6) is 0.374. The van der Waals surface area contributed by atoms with Gasteiger partial charge in [-0.15, -0.1) is 0 Å². The van der Waals surface area contributed by atoms with E-state index in [1.165, 1.54) is 27.5 Å². The lowest BCUT2D eigenvalue weighted by Crippen LogP contribution is -2.43. The number of hydrogen-bond donors (Lipinski definition) is 1. The smallest absolute Gasteiger partial charge is 0.332 e. The summed E-state index contributed by atoms with van der Waals surface area (Å²) in [5.41, 5.74) is 2.46. The lowest BCUT2D eigenvalue weighted by Gasteiger charge is -2.15. The largest absolute Gasteiger partial charge is 0.497 e. The van der Waals surface area contributed by atoms with Gasteiger partial charge in [0.25, 0.3) is 5.56 Å². The third-order valence-corrected chi connectivity index (χ3v) is 6.50. The third kappa shape index (κ3) is 5.23. The molecule has 0 unspecified atom stereocenters. The summed E-state index contributed by atoms with van der Waals surface area (Å²) in [6.07, 6.45) is 7.69. The number of methoxy groups -OCH3 is 1. The lowest BCUT2D eigenvalue weighted by atomic mass is 9.97. The number of aryl methyl sites for hydroxylation is 2. The molecule has 9 heteroatoms. The van der Waals surface area contributed by atoms with E-state index in [0.29, 0.717) is 35.6 Å². The fraction of sp³-hybridized carbons (Fsp3) is 0.462. The first-order chi connectivity index (χ1) is 16.9. The summed E-state index contributed by atoms with van der Waals surface area (Å²) in [6, 6.07) is 7.23. The van der Waals surface area contributed by atoms with E-state index in [1.54, 1.807) is 30.8 Å². The van der Waals surface area contributed by atoms with Gasteiger partial charge in [0.1, 0.15) is 17.8 Å². The number of rotatable bonds is 9. The van der Waals surface area contributed by atoms with Gasteiger partial charge in [0.15, 0.2) is 5.52 Å². The average molecular weight is 480 g/mol. The van der Waals surface area contributed by atoms with Crippen LogP contribution in [0.25, 0.3) is 11.0 Å². The second kappa shape index (κ2) is 10.8. The molecule has 2 heterocycles. The molecule has 1 aliphatic carbocycles. The number of nitrogens with one attached hydrogen (secondary N) is 1. The number of nitrogens with zero attached hydrogens (tertiary/aromatic N) is 4. The van der Waals surface area contributed by atoms with Crippen molar-refractivity contribution < 1.29 is 9.53 Å². The summed E-state index contributed by atoms with van der Waals surface area (Å²) in [7, 11) is 1.57. The molecule has 0 spiro atoms. The Labute approximate surface area is 204 Å². The molecule has 9 nitrogen and oxygen atoms in total. The van der Waals surface area contributed by atoms with Gasteiger partial charge >= 0.3 is 5.69 Å². The van der Waals surface area contributed by atoms with Gasteiger partial charge in [-0.3, -0.25) is 23.4 Å². The number of amides is 1. The molecule has 0 radical (unpaired) electrons. The van der Waals surface area contributed by atoms with Crippen LogP contribution in [0.5, 0.6) is 5.75 Å². The molecule has 0 saturated carbocycles. The van der Waals surface area contributed by atoms with E-state index in [1.807, 2.05) is 19.1 Å². The van der Waals surface area contributed by atoms with E-state index >= 15 is 0 Å². The van der Waals surface area contributed by atoms with Crippen molar-refractivity contribution in [1.82, 2.24) is 24.2 Å². The molecule has 0 saturated heterocycles. The van der Waals surface area contributed by atoms with Crippen LogP contribution in [0.15, 0.2) is 45.5 Å². The molecule has 1 N–H and O–H groups in total. The number of fused-ring (bicyclic) bond motifs is 1. The van der Waals surface area contributed by atoms with Gasteiger partial charge in [-0.05, 0) is 63.6 Å². The first kappa shape index (κ1) is 24.5. The molecule has 35 heavy (non-hydrogen) atoms. The highest BCUT2D eigenvalue weighted by Gasteiger charge is 2.21. The Morgan fingerprint density at radius 2 is 2.00 bits per heavy atom. The summed E-state index contributed by atoms with van der Waals surface area (Å²) in [5, 5.41) is 7.40. The Morgan fingerprint density at radius 1 is 1.17 bits per heavy atom. The minimum atomic E-state index is -0.533. The van der Waals surface area contributed by atoms with Crippen LogP contribution in [0.4, 0.5) is 0 Å². The Hall–Kier alpha value is -3.62. The van der Waals surface area contributed by atoms with E-state index in [2.05, 4.69) is 16.5 Å². The zero-order valence-electron chi connectivity index (χ0n) is 20.7. The Morgan fingerprint density at radius 3 is 2.71 bits per heavy atom. The first-order valence-corrected chi connectivity index (χ1v) is 12.2. The van der Waals surface area contributed by atoms with Crippen molar-refractivity contribution in [1.29, 1.82) is 0 Å². The SMILES string of the molecule is CCn1nc(C)c2c1c(=O)n(Cc1cccc(OC)c1)c(=O)n2CC(=O)NCCC1=CCCCC1. The maximum atomic E-state index is 13.5. The number of hydrogen-bond acceptors (Lipinski definition) is 5. The molecular weight excluding hydrogens is 446 g/mol. The van der Waals surface area contributed by atoms with Crippen molar-refractivity contribution in [3.8, 4) is 5.75 Å². The maximum absolute atomic E-state index is 13.5. The minimum Gasteiger partial charge on any atom is -0.497 e. The zero-order chi connectivity index (χ0) is 24.9. The summed E-state index contributed by atoms with van der Waals surface area (Å²) >= 11 is 0. The highest BCUT2D eigenvalue weighted by Crippen LogP contribution is 2.19. The van der Waals surface area contributed by atoms with Crippen molar-refractivity contribution >= 4 is 16.9 Å². The quantitative estimate of drug-likeness (QED) is 0.476. The number of carbonyl (C=O) groups is 1. The molecule has 186 valence electrons. The first-order valence-electron chi connectivity index (χ1n) is 12.2. The van der Waals surface area contributed by atoms with Crippen LogP contribution >= 0.6 is 0 Å². The third-order valence-electron chi connectivity index (χ3n) is 6.50. The van der Waals surface area contributed by atoms with E-state index in [0.717, 1.165) is 24.8 Å². The summed E-state index contributed by atoms with van der Waals surface area (Å²) in [4.78, 5) is 39.8. The van der Waals surface area contributed by atoms with Crippen LogP contribution in [0, 0.1) is 6.92 Å². The van der Waals surface area contributed by atoms with E-state index in [-0.39, 0.29) is 19.0 Å². The molecule has 0 aliphatic heterocycles. The standard InChI is InChI=1S/C26H33N5O4/c1-4-31-24-23(18(2)28-31)29(17-22(32)27-14-13-19-9-6-5-7-10-19)26(34)30(25(24)33)16-20-11-8-12-21(15-20)35-3/h8-9,11-12,15H,4-7,10,13-14,16-17H2,1-3H3,(H,27,32). The Kier molecular flexibility index (Phi) is 7.53. The molecule has 2 aromatic heterocycles. The van der Waals surface area contributed by atoms with Crippen molar-refractivity contribution in [3.05, 3.63) is 68.0 Å². The van der Waals surface area contributed by atoms with Crippen LogP contribution in [0.3, 0.4) is 0 Å². The van der Waals surface area contributed by atoms with Gasteiger partial charge < -0.3 is 10.1 Å². The van der Waals surface area contributed by atoms with Crippen LogP contribution < -0.4 is 21.3 Å². The van der Waals surface area contributed by atoms with Crippen molar-refractivity contribution in [3.63, 3.8) is 0 Å². The highest BCUT2D eigenvalue weighted by atomic mass is 16.5. The fourth-order valence-electron chi connectivity index (χ4n) is 4.72. The van der Waals surface area contributed by atoms with E-state index < -0.39 is 11.2 Å². The second-order valence-corrected chi connectivity index (χ2v) is 8.92. The fourth-order valence-corrected chi connectivity index (χ4v) is 4.72. The highest BCUT2D eigenvalue weighted by molar-refractivity contribution is 5.81. The number of benzene rings is 1. The van der Waals surface area contributed by atoms with Crippen molar-refractivity contribution in [2.45, 2.75) is 65.6 Å². The molecule has 0 bridgehead atoms. The Balaban J connectivity index is 1.68. The predicted molar refractivity (Wildman–Crippen MR) is 135 cm³/mol. The molecule has 0 atom stereocenters. The Bertz CT molecular complexity index is 1380. The van der Waals surface area contributed by atoms with Gasteiger partial charge in [0, 0.05) is 13.1 Å². The molecular formula is C26H33N5O4. The van der Waals surface area contributed by atoms with Crippen LogP contribution in [0.2, 0.25) is 0 Å². The van der Waals surface area contributed by atoms with Gasteiger partial charge in [-0.25, -0.2) is 4.79 Å². The summed E-state index contributed by atoms with van der Waals surface area (Å²) in [6.45, 7) is 4.53. The molecule has 1 aliphatic rings. The van der Waals surface area contributed by atoms with Gasteiger partial charge in [0.05, 0.1) is 19.3 Å². The number of allylic oxidation sites excluding steroid dienone is 1. The molecule has 4 rings (SSSR count). The number of ether oxygens (including phenoxy) is 1. The van der Waals surface area contributed by atoms with E-state index in [4.69, 9.17) is 4.74 Å². The number of aromatic nitrogens is 4. The molecule has 3 aromatic rings. The van der Waals surface area contributed by atoms with Crippen molar-refractivity contribution in [2.24, 2.45) is 0 Å². The maximum Gasteiger partial charge on any atom is 0.332 e. The predicted octanol–water partition coefficient (Wildman–Crippen LogP) is 2.75. The minimum absolute atomic E-state index is 0.0640. The second-order valence-electron chi connectivity index (χ2n) is 8.92. The molecule has 0 fully saturated rings. The monoisotopic (exact) mass is 479 g/mol. The van der Waals surface area contributed by atoms with Crippen LogP contribution in [-0.2, 0) is 24.4 Å². The van der Waals surface area contributed by atoms with Gasteiger partial charge in [-0.1, -0.05) is 23.8 Å². The molecule has 1 aromatic carbocycles. The van der Waals surface area contributed by atoms with Crippen molar-refractivity contribution in [2.75, 3.05) is 13.7 Å². The topological polar surface area (TPSA) is 100 Å². The van der Waals surface area contributed by atoms with Crippen LogP contribution in [0.1, 0.15) is 50.3 Å².